The largest absolute Gasteiger partial charge is 0.236 e. The van der Waals surface area contributed by atoms with Crippen molar-refractivity contribution < 1.29 is 0 Å². The summed E-state index contributed by atoms with van der Waals surface area (Å²) in [7, 11) is 0. The summed E-state index contributed by atoms with van der Waals surface area (Å²) in [5.41, 5.74) is 2.07. The van der Waals surface area contributed by atoms with Crippen molar-refractivity contribution >= 4 is 35.1 Å². The van der Waals surface area contributed by atoms with Gasteiger partial charge in [-0.2, -0.15) is 12.6 Å². The lowest BCUT2D eigenvalue weighted by Crippen LogP contribution is -1.91. The Morgan fingerprint density at radius 3 is 2.87 bits per heavy atom. The molecule has 15 heavy (non-hydrogen) atoms. The van der Waals surface area contributed by atoms with Crippen molar-refractivity contribution in [3.63, 3.8) is 0 Å². The second kappa shape index (κ2) is 4.86. The van der Waals surface area contributed by atoms with Gasteiger partial charge in [0.2, 0.25) is 0 Å². The molecule has 0 aliphatic heterocycles. The minimum Gasteiger partial charge on any atom is -0.236 e. The van der Waals surface area contributed by atoms with Crippen LogP contribution in [0.1, 0.15) is 12.0 Å². The van der Waals surface area contributed by atoms with E-state index in [4.69, 9.17) is 11.6 Å². The van der Waals surface area contributed by atoms with Crippen LogP contribution in [0.5, 0.6) is 0 Å². The molecule has 0 spiro atoms. The zero-order valence-electron chi connectivity index (χ0n) is 8.28. The molecule has 0 aliphatic rings. The zero-order valence-corrected chi connectivity index (χ0v) is 9.93. The molecule has 0 radical (unpaired) electrons. The molecular formula is C12H12ClNS. The van der Waals surface area contributed by atoms with Gasteiger partial charge in [0.25, 0.3) is 0 Å². The first-order valence-electron chi connectivity index (χ1n) is 4.96. The maximum atomic E-state index is 6.10. The Labute approximate surface area is 99.9 Å². The molecule has 2 aromatic rings. The number of hydrogen-bond acceptors (Lipinski definition) is 2. The van der Waals surface area contributed by atoms with E-state index >= 15 is 0 Å². The first kappa shape index (κ1) is 10.8. The molecule has 3 heteroatoms. The summed E-state index contributed by atoms with van der Waals surface area (Å²) in [4.78, 5) is 4.37. The van der Waals surface area contributed by atoms with Gasteiger partial charge in [-0.15, -0.1) is 0 Å². The third-order valence-corrected chi connectivity index (χ3v) is 3.00. The predicted octanol–water partition coefficient (Wildman–Crippen LogP) is 3.75. The highest BCUT2D eigenvalue weighted by molar-refractivity contribution is 7.80. The molecule has 1 nitrogen and oxygen atoms in total. The summed E-state index contributed by atoms with van der Waals surface area (Å²) in [6, 6.07) is 10.1. The Hall–Kier alpha value is -0.730. The Morgan fingerprint density at radius 1 is 1.27 bits per heavy atom. The van der Waals surface area contributed by atoms with Crippen LogP contribution < -0.4 is 0 Å². The number of benzene rings is 1. The molecule has 1 aromatic carbocycles. The molecular weight excluding hydrogens is 226 g/mol. The van der Waals surface area contributed by atoms with Gasteiger partial charge >= 0.3 is 0 Å². The molecule has 0 fully saturated rings. The van der Waals surface area contributed by atoms with Crippen LogP contribution in [0.4, 0.5) is 0 Å². The summed E-state index contributed by atoms with van der Waals surface area (Å²) in [6.07, 6.45) is 1.98. The number of nitrogens with zero attached hydrogens (tertiary/aromatic N) is 1. The monoisotopic (exact) mass is 237 g/mol. The van der Waals surface area contributed by atoms with E-state index in [1.165, 1.54) is 0 Å². The van der Waals surface area contributed by atoms with E-state index in [0.29, 0.717) is 5.15 Å². The first-order valence-corrected chi connectivity index (χ1v) is 5.97. The third-order valence-electron chi connectivity index (χ3n) is 2.35. The van der Waals surface area contributed by atoms with Gasteiger partial charge in [0.15, 0.2) is 0 Å². The van der Waals surface area contributed by atoms with E-state index in [9.17, 15) is 0 Å². The fourth-order valence-corrected chi connectivity index (χ4v) is 1.98. The number of para-hydroxylation sites is 1. The fraction of sp³-hybridized carbons (Fsp3) is 0.250. The molecule has 0 unspecified atom stereocenters. The van der Waals surface area contributed by atoms with E-state index in [1.807, 2.05) is 18.2 Å². The number of thiol groups is 1. The normalized spacial score (nSPS) is 10.8. The Morgan fingerprint density at radius 2 is 2.07 bits per heavy atom. The molecule has 2 rings (SSSR count). The number of pyridine rings is 1. The summed E-state index contributed by atoms with van der Waals surface area (Å²) < 4.78 is 0. The Balaban J connectivity index is 2.43. The van der Waals surface area contributed by atoms with Crippen LogP contribution in [-0.2, 0) is 6.42 Å². The second-order valence-electron chi connectivity index (χ2n) is 3.46. The standard InChI is InChI=1S/C12H12ClNS/c13-12-10(5-3-7-15)8-9-4-1-2-6-11(9)14-12/h1-2,4,6,8,15H,3,5,7H2. The zero-order chi connectivity index (χ0) is 10.7. The second-order valence-corrected chi connectivity index (χ2v) is 4.26. The average Bonchev–Trinajstić information content (AvgIpc) is 2.26. The molecule has 0 saturated heterocycles. The van der Waals surface area contributed by atoms with Crippen molar-refractivity contribution in [2.45, 2.75) is 12.8 Å². The van der Waals surface area contributed by atoms with Crippen LogP contribution in [0.15, 0.2) is 30.3 Å². The van der Waals surface area contributed by atoms with E-state index in [0.717, 1.165) is 35.1 Å². The van der Waals surface area contributed by atoms with Gasteiger partial charge in [-0.05, 0) is 36.3 Å². The molecule has 1 heterocycles. The van der Waals surface area contributed by atoms with Gasteiger partial charge in [0.05, 0.1) is 5.52 Å². The highest BCUT2D eigenvalue weighted by atomic mass is 35.5. The number of rotatable bonds is 3. The van der Waals surface area contributed by atoms with Crippen LogP contribution in [-0.4, -0.2) is 10.7 Å². The maximum Gasteiger partial charge on any atom is 0.132 e. The predicted molar refractivity (Wildman–Crippen MR) is 68.9 cm³/mol. The van der Waals surface area contributed by atoms with Crippen LogP contribution in [0.2, 0.25) is 5.15 Å². The van der Waals surface area contributed by atoms with E-state index in [-0.39, 0.29) is 0 Å². The lowest BCUT2D eigenvalue weighted by Gasteiger charge is -2.04. The quantitative estimate of drug-likeness (QED) is 0.634. The average molecular weight is 238 g/mol. The topological polar surface area (TPSA) is 12.9 Å². The Bertz CT molecular complexity index is 470. The molecule has 0 bridgehead atoms. The van der Waals surface area contributed by atoms with Gasteiger partial charge in [-0.25, -0.2) is 4.98 Å². The first-order chi connectivity index (χ1) is 7.31. The van der Waals surface area contributed by atoms with Crippen molar-refractivity contribution in [2.75, 3.05) is 5.75 Å². The highest BCUT2D eigenvalue weighted by Crippen LogP contribution is 2.21. The fourth-order valence-electron chi connectivity index (χ4n) is 1.58. The van der Waals surface area contributed by atoms with Gasteiger partial charge in [-0.1, -0.05) is 29.8 Å². The third kappa shape index (κ3) is 2.44. The van der Waals surface area contributed by atoms with Crippen molar-refractivity contribution in [3.8, 4) is 0 Å². The smallest absolute Gasteiger partial charge is 0.132 e. The van der Waals surface area contributed by atoms with Crippen molar-refractivity contribution in [1.29, 1.82) is 0 Å². The van der Waals surface area contributed by atoms with E-state index in [1.54, 1.807) is 0 Å². The SMILES string of the molecule is SCCCc1cc2ccccc2nc1Cl. The van der Waals surface area contributed by atoms with Crippen molar-refractivity contribution in [1.82, 2.24) is 4.98 Å². The van der Waals surface area contributed by atoms with Crippen molar-refractivity contribution in [2.24, 2.45) is 0 Å². The molecule has 0 amide bonds. The number of fused-ring (bicyclic) bond motifs is 1. The van der Waals surface area contributed by atoms with Gasteiger partial charge in [0, 0.05) is 5.39 Å². The maximum absolute atomic E-state index is 6.10. The summed E-state index contributed by atoms with van der Waals surface area (Å²) >= 11 is 10.3. The van der Waals surface area contributed by atoms with E-state index in [2.05, 4.69) is 29.7 Å². The van der Waals surface area contributed by atoms with Crippen LogP contribution >= 0.6 is 24.2 Å². The molecule has 0 atom stereocenters. The lowest BCUT2D eigenvalue weighted by atomic mass is 10.1. The van der Waals surface area contributed by atoms with E-state index < -0.39 is 0 Å². The minimum absolute atomic E-state index is 0.621. The van der Waals surface area contributed by atoms with Gasteiger partial charge in [0.1, 0.15) is 5.15 Å². The molecule has 0 saturated carbocycles. The Kier molecular flexibility index (Phi) is 3.49. The minimum atomic E-state index is 0.621. The summed E-state index contributed by atoms with van der Waals surface area (Å²) in [5, 5.41) is 1.77. The number of aryl methyl sites for hydroxylation is 1. The number of aromatic nitrogens is 1. The summed E-state index contributed by atoms with van der Waals surface area (Å²) in [6.45, 7) is 0. The molecule has 78 valence electrons. The lowest BCUT2D eigenvalue weighted by molar-refractivity contribution is 0.931. The van der Waals surface area contributed by atoms with Crippen LogP contribution in [0.25, 0.3) is 10.9 Å². The molecule has 1 aromatic heterocycles. The number of halogens is 1. The highest BCUT2D eigenvalue weighted by Gasteiger charge is 2.03. The molecule has 0 aliphatic carbocycles. The van der Waals surface area contributed by atoms with Gasteiger partial charge < -0.3 is 0 Å². The summed E-state index contributed by atoms with van der Waals surface area (Å²) in [5.74, 6) is 0.878. The van der Waals surface area contributed by atoms with Crippen molar-refractivity contribution in [3.05, 3.63) is 41.0 Å². The van der Waals surface area contributed by atoms with Crippen LogP contribution in [0.3, 0.4) is 0 Å². The van der Waals surface area contributed by atoms with Crippen LogP contribution in [0, 0.1) is 0 Å². The van der Waals surface area contributed by atoms with Gasteiger partial charge in [-0.3, -0.25) is 0 Å². The number of hydrogen-bond donors (Lipinski definition) is 1. The molecule has 0 N–H and O–H groups in total.